The second-order valence-electron chi connectivity index (χ2n) is 6.89. The van der Waals surface area contributed by atoms with Crippen LogP contribution in [0.15, 0.2) is 41.3 Å². The van der Waals surface area contributed by atoms with E-state index in [1.54, 1.807) is 23.1 Å². The monoisotopic (exact) mass is 399 g/mol. The molecule has 1 amide bonds. The Hall–Kier alpha value is -1.89. The average molecular weight is 400 g/mol. The molecule has 0 N–H and O–H groups in total. The zero-order valence-electron chi connectivity index (χ0n) is 16.4. The molecule has 1 heterocycles. The standard InChI is InChI=1S/C21H25N3OS2/c1-14-11-18-19(12-15(14)2)27-21(22-18)24(10-9-23(3)4)20(25)16-7-6-8-17(13-16)26-5/h6-8,11-13H,9-10H2,1-5H3. The number of fused-ring (bicyclic) bond motifs is 1. The van der Waals surface area contributed by atoms with Crippen LogP contribution in [-0.4, -0.2) is 49.2 Å². The van der Waals surface area contributed by atoms with Crippen molar-refractivity contribution in [3.63, 3.8) is 0 Å². The highest BCUT2D eigenvalue weighted by Gasteiger charge is 2.22. The van der Waals surface area contributed by atoms with Gasteiger partial charge in [0.2, 0.25) is 0 Å². The third kappa shape index (κ3) is 4.51. The minimum absolute atomic E-state index is 0.000231. The Morgan fingerprint density at radius 3 is 2.56 bits per heavy atom. The molecule has 0 saturated carbocycles. The summed E-state index contributed by atoms with van der Waals surface area (Å²) < 4.78 is 1.12. The van der Waals surface area contributed by atoms with Crippen molar-refractivity contribution in [2.45, 2.75) is 18.7 Å². The predicted octanol–water partition coefficient (Wildman–Crippen LogP) is 4.84. The van der Waals surface area contributed by atoms with E-state index in [1.165, 1.54) is 11.1 Å². The first-order valence-corrected chi connectivity index (χ1v) is 10.9. The van der Waals surface area contributed by atoms with Crippen molar-refractivity contribution in [1.82, 2.24) is 9.88 Å². The number of carbonyl (C=O) groups is 1. The molecule has 3 aromatic rings. The van der Waals surface area contributed by atoms with E-state index in [-0.39, 0.29) is 5.91 Å². The Labute approximate surface area is 169 Å². The molecule has 0 fully saturated rings. The van der Waals surface area contributed by atoms with Gasteiger partial charge in [-0.15, -0.1) is 11.8 Å². The largest absolute Gasteiger partial charge is 0.308 e. The van der Waals surface area contributed by atoms with E-state index in [1.807, 2.05) is 49.5 Å². The minimum Gasteiger partial charge on any atom is -0.308 e. The molecule has 4 nitrogen and oxygen atoms in total. The van der Waals surface area contributed by atoms with E-state index in [0.29, 0.717) is 12.1 Å². The molecule has 0 radical (unpaired) electrons. The number of benzene rings is 2. The number of nitrogens with zero attached hydrogens (tertiary/aromatic N) is 3. The quantitative estimate of drug-likeness (QED) is 0.556. The van der Waals surface area contributed by atoms with Crippen LogP contribution in [0, 0.1) is 13.8 Å². The lowest BCUT2D eigenvalue weighted by molar-refractivity contribution is 0.0985. The number of carbonyl (C=O) groups excluding carboxylic acids is 1. The molecule has 6 heteroatoms. The van der Waals surface area contributed by atoms with Gasteiger partial charge in [-0.05, 0) is 75.7 Å². The Balaban J connectivity index is 2.01. The first kappa shape index (κ1) is 19.9. The van der Waals surface area contributed by atoms with Crippen molar-refractivity contribution in [2.24, 2.45) is 0 Å². The third-order valence-electron chi connectivity index (χ3n) is 4.56. The van der Waals surface area contributed by atoms with Crippen LogP contribution in [0.25, 0.3) is 10.2 Å². The topological polar surface area (TPSA) is 36.4 Å². The Morgan fingerprint density at radius 1 is 1.11 bits per heavy atom. The van der Waals surface area contributed by atoms with Crippen LogP contribution in [0.4, 0.5) is 5.13 Å². The fourth-order valence-corrected chi connectivity index (χ4v) is 4.31. The Bertz CT molecular complexity index is 926. The zero-order chi connectivity index (χ0) is 19.6. The van der Waals surface area contributed by atoms with Gasteiger partial charge in [-0.2, -0.15) is 0 Å². The van der Waals surface area contributed by atoms with Crippen LogP contribution in [0.5, 0.6) is 0 Å². The number of likely N-dealkylation sites (N-methyl/N-ethyl adjacent to an activating group) is 1. The molecule has 0 bridgehead atoms. The summed E-state index contributed by atoms with van der Waals surface area (Å²) in [5, 5.41) is 0.761. The normalized spacial score (nSPS) is 11.3. The van der Waals surface area contributed by atoms with Gasteiger partial charge in [0.05, 0.1) is 10.2 Å². The summed E-state index contributed by atoms with van der Waals surface area (Å²) in [6.07, 6.45) is 2.02. The zero-order valence-corrected chi connectivity index (χ0v) is 18.1. The van der Waals surface area contributed by atoms with Gasteiger partial charge in [0.1, 0.15) is 0 Å². The van der Waals surface area contributed by atoms with Crippen molar-refractivity contribution in [3.05, 3.63) is 53.1 Å². The fraction of sp³-hybridized carbons (Fsp3) is 0.333. The molecule has 27 heavy (non-hydrogen) atoms. The van der Waals surface area contributed by atoms with E-state index in [4.69, 9.17) is 4.98 Å². The molecular formula is C21H25N3OS2. The van der Waals surface area contributed by atoms with Gasteiger partial charge in [0, 0.05) is 23.5 Å². The summed E-state index contributed by atoms with van der Waals surface area (Å²) >= 11 is 3.22. The molecule has 3 rings (SSSR count). The number of hydrogen-bond acceptors (Lipinski definition) is 5. The fourth-order valence-electron chi connectivity index (χ4n) is 2.78. The van der Waals surface area contributed by atoms with Crippen molar-refractivity contribution < 1.29 is 4.79 Å². The van der Waals surface area contributed by atoms with Gasteiger partial charge < -0.3 is 4.90 Å². The summed E-state index contributed by atoms with van der Waals surface area (Å²) in [6.45, 7) is 5.59. The third-order valence-corrected chi connectivity index (χ3v) is 6.32. The van der Waals surface area contributed by atoms with Gasteiger partial charge in [-0.3, -0.25) is 9.69 Å². The lowest BCUT2D eigenvalue weighted by Crippen LogP contribution is -2.36. The Morgan fingerprint density at radius 2 is 1.85 bits per heavy atom. The number of thioether (sulfide) groups is 1. The lowest BCUT2D eigenvalue weighted by Gasteiger charge is -2.22. The molecule has 0 spiro atoms. The van der Waals surface area contributed by atoms with Crippen molar-refractivity contribution >= 4 is 44.4 Å². The SMILES string of the molecule is CSc1cccc(C(=O)N(CCN(C)C)c2nc3cc(C)c(C)cc3s2)c1. The number of aromatic nitrogens is 1. The first-order chi connectivity index (χ1) is 12.9. The minimum atomic E-state index is 0.000231. The van der Waals surface area contributed by atoms with E-state index in [9.17, 15) is 4.79 Å². The van der Waals surface area contributed by atoms with Crippen LogP contribution < -0.4 is 4.90 Å². The molecule has 0 saturated heterocycles. The summed E-state index contributed by atoms with van der Waals surface area (Å²) in [5.41, 5.74) is 4.13. The number of aryl methyl sites for hydroxylation is 2. The summed E-state index contributed by atoms with van der Waals surface area (Å²) in [6, 6.07) is 12.1. The average Bonchev–Trinajstić information content (AvgIpc) is 3.04. The maximum Gasteiger partial charge on any atom is 0.260 e. The van der Waals surface area contributed by atoms with Gasteiger partial charge in [-0.25, -0.2) is 4.98 Å². The number of rotatable bonds is 6. The molecule has 0 aliphatic carbocycles. The molecule has 0 atom stereocenters. The number of anilines is 1. The highest BCUT2D eigenvalue weighted by molar-refractivity contribution is 7.98. The lowest BCUT2D eigenvalue weighted by atomic mass is 10.1. The van der Waals surface area contributed by atoms with Gasteiger partial charge >= 0.3 is 0 Å². The second kappa shape index (κ2) is 8.42. The Kier molecular flexibility index (Phi) is 6.19. The predicted molar refractivity (Wildman–Crippen MR) is 118 cm³/mol. The van der Waals surface area contributed by atoms with Gasteiger partial charge in [-0.1, -0.05) is 17.4 Å². The van der Waals surface area contributed by atoms with Crippen LogP contribution in [-0.2, 0) is 0 Å². The van der Waals surface area contributed by atoms with Crippen molar-refractivity contribution in [3.8, 4) is 0 Å². The summed E-state index contributed by atoms with van der Waals surface area (Å²) in [5.74, 6) is 0.000231. The molecule has 2 aromatic carbocycles. The number of thiazole rings is 1. The molecular weight excluding hydrogens is 374 g/mol. The van der Waals surface area contributed by atoms with Crippen molar-refractivity contribution in [1.29, 1.82) is 0 Å². The molecule has 0 aliphatic rings. The van der Waals surface area contributed by atoms with Gasteiger partial charge in [0.25, 0.3) is 5.91 Å². The smallest absolute Gasteiger partial charge is 0.260 e. The van der Waals surface area contributed by atoms with E-state index in [2.05, 4.69) is 30.9 Å². The van der Waals surface area contributed by atoms with Crippen LogP contribution in [0.2, 0.25) is 0 Å². The maximum absolute atomic E-state index is 13.3. The van der Waals surface area contributed by atoms with Crippen LogP contribution in [0.3, 0.4) is 0 Å². The van der Waals surface area contributed by atoms with Crippen LogP contribution >= 0.6 is 23.1 Å². The number of hydrogen-bond donors (Lipinski definition) is 0. The number of amides is 1. The summed E-state index contributed by atoms with van der Waals surface area (Å²) in [4.78, 5) is 23.1. The van der Waals surface area contributed by atoms with E-state index >= 15 is 0 Å². The molecule has 0 aliphatic heterocycles. The molecule has 0 unspecified atom stereocenters. The van der Waals surface area contributed by atoms with E-state index < -0.39 is 0 Å². The van der Waals surface area contributed by atoms with E-state index in [0.717, 1.165) is 26.8 Å². The highest BCUT2D eigenvalue weighted by Crippen LogP contribution is 2.31. The first-order valence-electron chi connectivity index (χ1n) is 8.87. The van der Waals surface area contributed by atoms with Gasteiger partial charge in [0.15, 0.2) is 5.13 Å². The highest BCUT2D eigenvalue weighted by atomic mass is 32.2. The molecule has 142 valence electrons. The molecule has 1 aromatic heterocycles. The second-order valence-corrected chi connectivity index (χ2v) is 8.78. The van der Waals surface area contributed by atoms with Crippen LogP contribution in [0.1, 0.15) is 21.5 Å². The summed E-state index contributed by atoms with van der Waals surface area (Å²) in [7, 11) is 4.03. The van der Waals surface area contributed by atoms with Crippen molar-refractivity contribution in [2.75, 3.05) is 38.3 Å². The maximum atomic E-state index is 13.3.